The van der Waals surface area contributed by atoms with Gasteiger partial charge in [-0.15, -0.1) is 0 Å². The van der Waals surface area contributed by atoms with Crippen molar-refractivity contribution >= 4 is 35.4 Å². The van der Waals surface area contributed by atoms with Gasteiger partial charge in [-0.05, 0) is 62.0 Å². The first-order valence-corrected chi connectivity index (χ1v) is 19.5. The third kappa shape index (κ3) is 8.26. The van der Waals surface area contributed by atoms with Crippen LogP contribution >= 0.6 is 0 Å². The Balaban J connectivity index is 1.41. The van der Waals surface area contributed by atoms with Crippen LogP contribution in [0.4, 0.5) is 0 Å². The highest BCUT2D eigenvalue weighted by Crippen LogP contribution is 2.29. The molecular formula is C41H54N6O6. The normalized spacial score (nSPS) is 28.4. The Morgan fingerprint density at radius 3 is 1.77 bits per heavy atom. The average molecular weight is 727 g/mol. The zero-order valence-electron chi connectivity index (χ0n) is 31.2. The largest absolute Gasteiger partial charge is 0.342 e. The first kappa shape index (κ1) is 38.0. The predicted octanol–water partition coefficient (Wildman–Crippen LogP) is 2.69. The Bertz CT molecular complexity index is 1650. The van der Waals surface area contributed by atoms with Crippen molar-refractivity contribution in [3.8, 4) is 0 Å². The van der Waals surface area contributed by atoms with Crippen LogP contribution in [0, 0.1) is 5.92 Å². The third-order valence-corrected chi connectivity index (χ3v) is 11.8. The van der Waals surface area contributed by atoms with Crippen molar-refractivity contribution in [1.29, 1.82) is 0 Å². The second-order valence-electron chi connectivity index (χ2n) is 15.2. The van der Waals surface area contributed by atoms with E-state index in [2.05, 4.69) is 10.6 Å². The number of piperidine rings is 1. The van der Waals surface area contributed by atoms with Gasteiger partial charge in [0.25, 0.3) is 0 Å². The average Bonchev–Trinajstić information content (AvgIpc) is 3.89. The highest BCUT2D eigenvalue weighted by Gasteiger charge is 2.47. The molecule has 4 fully saturated rings. The summed E-state index contributed by atoms with van der Waals surface area (Å²) in [5.74, 6) is -2.47. The second-order valence-corrected chi connectivity index (χ2v) is 15.2. The smallest absolute Gasteiger partial charge is 0.246 e. The highest BCUT2D eigenvalue weighted by atomic mass is 16.2. The van der Waals surface area contributed by atoms with Gasteiger partial charge in [-0.3, -0.25) is 28.8 Å². The lowest BCUT2D eigenvalue weighted by atomic mass is 9.95. The van der Waals surface area contributed by atoms with Crippen LogP contribution in [-0.4, -0.2) is 118 Å². The number of amides is 6. The molecule has 0 spiro atoms. The number of carbonyl (C=O) groups excluding carboxylic acids is 6. The summed E-state index contributed by atoms with van der Waals surface area (Å²) in [6.07, 6.45) is 4.99. The maximum atomic E-state index is 14.7. The molecule has 12 heteroatoms. The van der Waals surface area contributed by atoms with Gasteiger partial charge in [-0.25, -0.2) is 0 Å². The number of fused-ring (bicyclic) bond motifs is 3. The van der Waals surface area contributed by atoms with Crippen LogP contribution in [0.25, 0.3) is 0 Å². The molecule has 0 saturated carbocycles. The van der Waals surface area contributed by atoms with Crippen LogP contribution in [0.3, 0.4) is 0 Å². The standard InChI is InChI=1S/C41H54N6O6/c1-4-27(2)35-41(53)47-24-14-21-33(47)39(51)46-22-12-11-19-32(46)38(50)44(3)34(26-29-17-9-6-10-18-29)40(52)45-23-13-20-31(45)37(49)42-30(36(48)43-35)25-28-15-7-5-8-16-28/h5-10,15-18,27,30-35H,4,11-14,19-26H2,1-3H3,(H,42,49)(H,43,48)/t27-,30+,31-,32-,33+,34+,35-/m0/s1. The van der Waals surface area contributed by atoms with E-state index in [0.29, 0.717) is 58.2 Å². The van der Waals surface area contributed by atoms with E-state index in [0.717, 1.165) is 24.0 Å². The molecule has 0 aliphatic carbocycles. The van der Waals surface area contributed by atoms with Crippen molar-refractivity contribution in [3.05, 3.63) is 71.8 Å². The summed E-state index contributed by atoms with van der Waals surface area (Å²) < 4.78 is 0. The Hall–Kier alpha value is -4.74. The van der Waals surface area contributed by atoms with E-state index >= 15 is 0 Å². The molecule has 0 aromatic heterocycles. The van der Waals surface area contributed by atoms with E-state index in [9.17, 15) is 28.8 Å². The zero-order valence-corrected chi connectivity index (χ0v) is 31.2. The first-order valence-electron chi connectivity index (χ1n) is 19.5. The minimum Gasteiger partial charge on any atom is -0.342 e. The Kier molecular flexibility index (Phi) is 12.1. The van der Waals surface area contributed by atoms with Crippen LogP contribution in [0.15, 0.2) is 60.7 Å². The quantitative estimate of drug-likeness (QED) is 0.470. The molecule has 0 radical (unpaired) electrons. The first-order chi connectivity index (χ1) is 25.6. The summed E-state index contributed by atoms with van der Waals surface area (Å²) in [7, 11) is 1.62. The fraction of sp³-hybridized carbons (Fsp3) is 0.561. The summed E-state index contributed by atoms with van der Waals surface area (Å²) in [5.41, 5.74) is 1.69. The van der Waals surface area contributed by atoms with E-state index in [-0.39, 0.29) is 42.4 Å². The third-order valence-electron chi connectivity index (χ3n) is 11.8. The molecule has 4 saturated heterocycles. The molecule has 284 valence electrons. The SMILES string of the molecule is CC[C@H](C)[C@@H]1NC(=O)[C@@H](Cc2ccccc2)NC(=O)[C@@H]2CCCN2C(=O)[C@@H](Cc2ccccc2)N(C)C(=O)[C@@H]2CCCCN2C(=O)[C@H]2CCCN2C1=O. The van der Waals surface area contributed by atoms with E-state index < -0.39 is 48.1 Å². The molecule has 0 bridgehead atoms. The molecular weight excluding hydrogens is 672 g/mol. The molecule has 2 N–H and O–H groups in total. The van der Waals surface area contributed by atoms with Crippen molar-refractivity contribution in [2.45, 2.75) is 114 Å². The van der Waals surface area contributed by atoms with Crippen molar-refractivity contribution in [1.82, 2.24) is 30.2 Å². The Morgan fingerprint density at radius 1 is 0.604 bits per heavy atom. The number of hydrogen-bond acceptors (Lipinski definition) is 6. The van der Waals surface area contributed by atoms with Gasteiger partial charge in [0.1, 0.15) is 36.3 Å². The van der Waals surface area contributed by atoms with E-state index in [1.165, 1.54) is 4.90 Å². The number of nitrogens with zero attached hydrogens (tertiary/aromatic N) is 4. The summed E-state index contributed by atoms with van der Waals surface area (Å²) in [6.45, 7) is 4.91. The summed E-state index contributed by atoms with van der Waals surface area (Å²) >= 11 is 0. The van der Waals surface area contributed by atoms with Crippen LogP contribution < -0.4 is 10.6 Å². The maximum absolute atomic E-state index is 14.7. The van der Waals surface area contributed by atoms with Gasteiger partial charge in [0.05, 0.1) is 0 Å². The molecule has 4 aliphatic heterocycles. The van der Waals surface area contributed by atoms with Gasteiger partial charge >= 0.3 is 0 Å². The molecule has 2 aromatic rings. The maximum Gasteiger partial charge on any atom is 0.246 e. The Labute approximate surface area is 312 Å². The summed E-state index contributed by atoms with van der Waals surface area (Å²) in [4.78, 5) is 92.9. The number of carbonyl (C=O) groups is 6. The van der Waals surface area contributed by atoms with Gasteiger partial charge in [-0.1, -0.05) is 80.9 Å². The number of benzene rings is 2. The predicted molar refractivity (Wildman–Crippen MR) is 199 cm³/mol. The lowest BCUT2D eigenvalue weighted by Crippen LogP contribution is -2.63. The zero-order chi connectivity index (χ0) is 37.6. The molecule has 6 amide bonds. The van der Waals surface area contributed by atoms with Crippen LogP contribution in [0.1, 0.15) is 76.3 Å². The molecule has 4 aliphatic rings. The lowest BCUT2D eigenvalue weighted by molar-refractivity contribution is -0.156. The number of likely N-dealkylation sites (N-methyl/N-ethyl adjacent to an activating group) is 1. The summed E-state index contributed by atoms with van der Waals surface area (Å²) in [6, 6.07) is 13.5. The molecule has 53 heavy (non-hydrogen) atoms. The number of hydrogen-bond donors (Lipinski definition) is 2. The van der Waals surface area contributed by atoms with Crippen molar-refractivity contribution in [2.24, 2.45) is 5.92 Å². The van der Waals surface area contributed by atoms with E-state index in [1.807, 2.05) is 74.5 Å². The van der Waals surface area contributed by atoms with Gasteiger partial charge in [0, 0.05) is 39.5 Å². The highest BCUT2D eigenvalue weighted by molar-refractivity contribution is 5.99. The van der Waals surface area contributed by atoms with Crippen LogP contribution in [0.5, 0.6) is 0 Å². The number of rotatable bonds is 6. The minimum absolute atomic E-state index is 0.176. The lowest BCUT2D eigenvalue weighted by Gasteiger charge is -2.42. The summed E-state index contributed by atoms with van der Waals surface area (Å²) in [5, 5.41) is 5.97. The Morgan fingerprint density at radius 2 is 1.13 bits per heavy atom. The molecule has 12 nitrogen and oxygen atoms in total. The molecule has 0 unspecified atom stereocenters. The molecule has 2 aromatic carbocycles. The van der Waals surface area contributed by atoms with Gasteiger partial charge in [0.15, 0.2) is 0 Å². The molecule has 7 atom stereocenters. The second kappa shape index (κ2) is 16.9. The van der Waals surface area contributed by atoms with Gasteiger partial charge in [-0.2, -0.15) is 0 Å². The molecule has 6 rings (SSSR count). The molecule has 4 heterocycles. The minimum atomic E-state index is -1.03. The van der Waals surface area contributed by atoms with Crippen molar-refractivity contribution in [3.63, 3.8) is 0 Å². The monoisotopic (exact) mass is 726 g/mol. The number of nitrogens with one attached hydrogen (secondary N) is 2. The van der Waals surface area contributed by atoms with Crippen LogP contribution in [0.2, 0.25) is 0 Å². The fourth-order valence-electron chi connectivity index (χ4n) is 8.48. The van der Waals surface area contributed by atoms with E-state index in [1.54, 1.807) is 21.7 Å². The van der Waals surface area contributed by atoms with Crippen molar-refractivity contribution < 1.29 is 28.8 Å². The van der Waals surface area contributed by atoms with E-state index in [4.69, 9.17) is 0 Å². The topological polar surface area (TPSA) is 139 Å². The fourth-order valence-corrected chi connectivity index (χ4v) is 8.48. The van der Waals surface area contributed by atoms with Gasteiger partial charge in [0.2, 0.25) is 35.4 Å². The van der Waals surface area contributed by atoms with Gasteiger partial charge < -0.3 is 30.2 Å². The van der Waals surface area contributed by atoms with Crippen molar-refractivity contribution in [2.75, 3.05) is 26.7 Å². The van der Waals surface area contributed by atoms with Crippen LogP contribution in [-0.2, 0) is 41.6 Å².